The second-order valence-electron chi connectivity index (χ2n) is 12.2. The maximum Gasteiger partial charge on any atom is 0.0713 e. The number of hydrogen-bond donors (Lipinski definition) is 0. The molecule has 0 aliphatic heterocycles. The Morgan fingerprint density at radius 3 is 1.52 bits per heavy atom. The summed E-state index contributed by atoms with van der Waals surface area (Å²) in [5, 5.41) is 5.71. The molecule has 8 aromatic carbocycles. The normalized spacial score (nSPS) is 13.1. The average molecular weight is 605 g/mol. The van der Waals surface area contributed by atoms with Crippen LogP contribution in [-0.4, -0.2) is 0 Å². The molecule has 0 saturated heterocycles. The number of hydrogen-bond acceptors (Lipinski definition) is 0. The van der Waals surface area contributed by atoms with Gasteiger partial charge in [0.05, 0.1) is 5.41 Å². The zero-order chi connectivity index (χ0) is 30.7. The lowest BCUT2D eigenvalue weighted by Gasteiger charge is -2.34. The number of benzene rings is 8. The van der Waals surface area contributed by atoms with E-state index in [0.717, 1.165) is 21.7 Å². The van der Waals surface area contributed by atoms with Crippen LogP contribution in [0.4, 0.5) is 0 Å². The van der Waals surface area contributed by atoms with Crippen molar-refractivity contribution in [3.63, 3.8) is 0 Å². The highest BCUT2D eigenvalue weighted by atomic mass is 35.5. The summed E-state index contributed by atoms with van der Waals surface area (Å²) in [6.45, 7) is 0. The Bertz CT molecular complexity index is 2380. The SMILES string of the molecule is Clc1ccc(-c2ccc3ccccc3c2)cc1-c1ccc2c(c1)-c1cc3ccccc3cc1C2(c1ccccc1)c1ccccc1. The van der Waals surface area contributed by atoms with E-state index in [-0.39, 0.29) is 0 Å². The molecule has 0 fully saturated rings. The monoisotopic (exact) mass is 604 g/mol. The molecule has 0 spiro atoms. The van der Waals surface area contributed by atoms with Gasteiger partial charge >= 0.3 is 0 Å². The van der Waals surface area contributed by atoms with Gasteiger partial charge in [-0.05, 0) is 108 Å². The minimum absolute atomic E-state index is 0.452. The van der Waals surface area contributed by atoms with Crippen LogP contribution in [0.25, 0.3) is 54.9 Å². The second kappa shape index (κ2) is 10.6. The summed E-state index contributed by atoms with van der Waals surface area (Å²) in [6, 6.07) is 64.0. The molecule has 1 aliphatic carbocycles. The van der Waals surface area contributed by atoms with E-state index in [1.54, 1.807) is 0 Å². The van der Waals surface area contributed by atoms with Crippen LogP contribution in [0, 0.1) is 0 Å². The van der Waals surface area contributed by atoms with Crippen LogP contribution < -0.4 is 0 Å². The van der Waals surface area contributed by atoms with E-state index in [1.165, 1.54) is 60.5 Å². The molecule has 0 N–H and O–H groups in total. The first-order valence-electron chi connectivity index (χ1n) is 15.8. The van der Waals surface area contributed by atoms with Crippen LogP contribution in [-0.2, 0) is 5.41 Å². The van der Waals surface area contributed by atoms with Crippen LogP contribution in [0.1, 0.15) is 22.3 Å². The van der Waals surface area contributed by atoms with Crippen LogP contribution in [0.5, 0.6) is 0 Å². The molecule has 8 aromatic rings. The predicted molar refractivity (Wildman–Crippen MR) is 195 cm³/mol. The average Bonchev–Trinajstić information content (AvgIpc) is 3.40. The van der Waals surface area contributed by atoms with Crippen molar-refractivity contribution >= 4 is 33.1 Å². The van der Waals surface area contributed by atoms with Crippen molar-refractivity contribution in [2.24, 2.45) is 0 Å². The van der Waals surface area contributed by atoms with Crippen LogP contribution in [0.15, 0.2) is 176 Å². The van der Waals surface area contributed by atoms with Crippen LogP contribution in [0.3, 0.4) is 0 Å². The van der Waals surface area contributed by atoms with Crippen molar-refractivity contribution in [2.45, 2.75) is 5.41 Å². The molecule has 0 radical (unpaired) electrons. The largest absolute Gasteiger partial charge is 0.0837 e. The number of fused-ring (bicyclic) bond motifs is 5. The first-order chi connectivity index (χ1) is 22.7. The molecule has 216 valence electrons. The van der Waals surface area contributed by atoms with Gasteiger partial charge in [0.1, 0.15) is 0 Å². The Morgan fingerprint density at radius 2 is 0.826 bits per heavy atom. The Labute approximate surface area is 274 Å². The third-order valence-electron chi connectivity index (χ3n) is 9.78. The van der Waals surface area contributed by atoms with E-state index >= 15 is 0 Å². The molecule has 0 aromatic heterocycles. The maximum atomic E-state index is 6.99. The highest BCUT2D eigenvalue weighted by molar-refractivity contribution is 6.33. The summed E-state index contributed by atoms with van der Waals surface area (Å²) >= 11 is 6.99. The van der Waals surface area contributed by atoms with Crippen molar-refractivity contribution in [3.8, 4) is 33.4 Å². The quantitative estimate of drug-likeness (QED) is 0.187. The fraction of sp³-hybridized carbons (Fsp3) is 0.0222. The summed E-state index contributed by atoms with van der Waals surface area (Å²) in [7, 11) is 0. The lowest BCUT2D eigenvalue weighted by molar-refractivity contribution is 0.769. The smallest absolute Gasteiger partial charge is 0.0713 e. The molecule has 0 amide bonds. The lowest BCUT2D eigenvalue weighted by atomic mass is 9.67. The zero-order valence-electron chi connectivity index (χ0n) is 25.1. The van der Waals surface area contributed by atoms with Gasteiger partial charge in [-0.2, -0.15) is 0 Å². The summed E-state index contributed by atoms with van der Waals surface area (Å²) in [4.78, 5) is 0. The molecule has 1 heteroatoms. The van der Waals surface area contributed by atoms with E-state index in [4.69, 9.17) is 11.6 Å². The minimum atomic E-state index is -0.452. The Kier molecular flexibility index (Phi) is 6.20. The Morgan fingerprint density at radius 1 is 0.326 bits per heavy atom. The predicted octanol–water partition coefficient (Wildman–Crippen LogP) is 12.3. The van der Waals surface area contributed by atoms with Crippen molar-refractivity contribution in [2.75, 3.05) is 0 Å². The topological polar surface area (TPSA) is 0 Å². The summed E-state index contributed by atoms with van der Waals surface area (Å²) in [5.74, 6) is 0. The van der Waals surface area contributed by atoms with Gasteiger partial charge in [0.15, 0.2) is 0 Å². The Balaban J connectivity index is 1.29. The summed E-state index contributed by atoms with van der Waals surface area (Å²) < 4.78 is 0. The molecule has 0 saturated carbocycles. The van der Waals surface area contributed by atoms with Gasteiger partial charge in [-0.3, -0.25) is 0 Å². The van der Waals surface area contributed by atoms with Gasteiger partial charge in [-0.15, -0.1) is 0 Å². The van der Waals surface area contributed by atoms with Crippen LogP contribution in [0.2, 0.25) is 5.02 Å². The minimum Gasteiger partial charge on any atom is -0.0837 e. The van der Waals surface area contributed by atoms with Crippen molar-refractivity contribution in [1.82, 2.24) is 0 Å². The van der Waals surface area contributed by atoms with Gasteiger partial charge in [-0.1, -0.05) is 151 Å². The highest BCUT2D eigenvalue weighted by Crippen LogP contribution is 2.57. The molecule has 0 bridgehead atoms. The fourth-order valence-corrected chi connectivity index (χ4v) is 7.87. The van der Waals surface area contributed by atoms with E-state index < -0.39 is 5.41 Å². The van der Waals surface area contributed by atoms with Gasteiger partial charge in [0.2, 0.25) is 0 Å². The van der Waals surface area contributed by atoms with Gasteiger partial charge in [0, 0.05) is 10.6 Å². The van der Waals surface area contributed by atoms with Gasteiger partial charge < -0.3 is 0 Å². The van der Waals surface area contributed by atoms with Crippen molar-refractivity contribution < 1.29 is 0 Å². The molecule has 46 heavy (non-hydrogen) atoms. The number of halogens is 1. The molecule has 0 nitrogen and oxygen atoms in total. The molecular weight excluding hydrogens is 576 g/mol. The fourth-order valence-electron chi connectivity index (χ4n) is 7.64. The highest BCUT2D eigenvalue weighted by Gasteiger charge is 2.46. The van der Waals surface area contributed by atoms with E-state index in [2.05, 4.69) is 170 Å². The number of rotatable bonds is 4. The van der Waals surface area contributed by atoms with Gasteiger partial charge in [0.25, 0.3) is 0 Å². The second-order valence-corrected chi connectivity index (χ2v) is 12.7. The molecule has 0 heterocycles. The molecule has 1 aliphatic rings. The molecule has 0 atom stereocenters. The third-order valence-corrected chi connectivity index (χ3v) is 10.1. The van der Waals surface area contributed by atoms with E-state index in [1.807, 2.05) is 6.07 Å². The molecule has 0 unspecified atom stereocenters. The lowest BCUT2D eigenvalue weighted by Crippen LogP contribution is -2.28. The zero-order valence-corrected chi connectivity index (χ0v) is 25.9. The first-order valence-corrected chi connectivity index (χ1v) is 16.2. The summed E-state index contributed by atoms with van der Waals surface area (Å²) in [5.41, 5.74) is 11.7. The first kappa shape index (κ1) is 26.9. The maximum absolute atomic E-state index is 6.99. The molecule has 9 rings (SSSR count). The van der Waals surface area contributed by atoms with E-state index in [0.29, 0.717) is 0 Å². The molecular formula is C45H29Cl. The third kappa shape index (κ3) is 4.08. The van der Waals surface area contributed by atoms with E-state index in [9.17, 15) is 0 Å². The van der Waals surface area contributed by atoms with Gasteiger partial charge in [-0.25, -0.2) is 0 Å². The van der Waals surface area contributed by atoms with Crippen molar-refractivity contribution in [3.05, 3.63) is 203 Å². The summed E-state index contributed by atoms with van der Waals surface area (Å²) in [6.07, 6.45) is 0. The Hall–Kier alpha value is -5.43. The van der Waals surface area contributed by atoms with Crippen LogP contribution >= 0.6 is 11.6 Å². The van der Waals surface area contributed by atoms with Crippen molar-refractivity contribution in [1.29, 1.82) is 0 Å². The standard InChI is InChI=1S/C45H29Cl/c46-44-24-22-35(34-20-19-30-11-7-8-12-31(30)25-34)26-39(44)36-21-23-42-40(28-36)41-27-32-13-9-10-14-33(32)29-43(41)45(42,37-15-3-1-4-16-37)38-17-5-2-6-18-38/h1-29H.